The van der Waals surface area contributed by atoms with Gasteiger partial charge in [0.2, 0.25) is 5.91 Å². The molecule has 1 rings (SSSR count). The zero-order chi connectivity index (χ0) is 11.8. The number of pyridine rings is 1. The molecule has 0 aliphatic carbocycles. The first-order valence-electron chi connectivity index (χ1n) is 5.21. The number of halogens is 1. The molecule has 0 atom stereocenters. The third kappa shape index (κ3) is 5.23. The number of ether oxygens (including phenoxy) is 1. The van der Waals surface area contributed by atoms with Crippen LogP contribution in [-0.2, 0) is 9.53 Å². The van der Waals surface area contributed by atoms with Crippen LogP contribution in [0, 0.1) is 0 Å². The fourth-order valence-electron chi connectivity index (χ4n) is 1.15. The Morgan fingerprint density at radius 2 is 2.38 bits per heavy atom. The summed E-state index contributed by atoms with van der Waals surface area (Å²) in [5, 5.41) is 2.77. The molecule has 0 aliphatic rings. The van der Waals surface area contributed by atoms with E-state index in [0.717, 1.165) is 11.0 Å². The second-order valence-corrected chi connectivity index (χ2v) is 4.03. The van der Waals surface area contributed by atoms with Crippen LogP contribution in [0.5, 0.6) is 0 Å². The molecule has 0 saturated heterocycles. The molecule has 0 radical (unpaired) electrons. The van der Waals surface area contributed by atoms with Gasteiger partial charge in [-0.3, -0.25) is 4.79 Å². The van der Waals surface area contributed by atoms with Gasteiger partial charge >= 0.3 is 0 Å². The van der Waals surface area contributed by atoms with Crippen molar-refractivity contribution in [2.75, 3.05) is 18.5 Å². The molecule has 1 heterocycles. The molecule has 1 aromatic heterocycles. The Bertz CT molecular complexity index is 327. The number of amides is 1. The fraction of sp³-hybridized carbons (Fsp3) is 0.455. The number of carbonyl (C=O) groups excluding carboxylic acids is 1. The number of aromatic nitrogens is 1. The van der Waals surface area contributed by atoms with Gasteiger partial charge in [0.25, 0.3) is 0 Å². The van der Waals surface area contributed by atoms with Crippen molar-refractivity contribution in [3.8, 4) is 0 Å². The summed E-state index contributed by atoms with van der Waals surface area (Å²) in [6.07, 6.45) is 2.82. The van der Waals surface area contributed by atoms with E-state index in [1.54, 1.807) is 18.3 Å². The highest BCUT2D eigenvalue weighted by Crippen LogP contribution is 2.10. The van der Waals surface area contributed by atoms with Gasteiger partial charge in [0.1, 0.15) is 4.60 Å². The molecule has 0 bridgehead atoms. The SMILES string of the molecule is CCOCCCC(=O)Nc1ccc(Br)nc1. The first kappa shape index (κ1) is 13.1. The van der Waals surface area contributed by atoms with E-state index in [-0.39, 0.29) is 5.91 Å². The molecular formula is C11H15BrN2O2. The monoisotopic (exact) mass is 286 g/mol. The third-order valence-electron chi connectivity index (χ3n) is 1.91. The van der Waals surface area contributed by atoms with E-state index >= 15 is 0 Å². The fourth-order valence-corrected chi connectivity index (χ4v) is 1.39. The quantitative estimate of drug-likeness (QED) is 0.646. The van der Waals surface area contributed by atoms with Crippen LogP contribution in [0.1, 0.15) is 19.8 Å². The molecule has 4 nitrogen and oxygen atoms in total. The lowest BCUT2D eigenvalue weighted by molar-refractivity contribution is -0.116. The van der Waals surface area contributed by atoms with Crippen molar-refractivity contribution in [1.29, 1.82) is 0 Å². The molecule has 0 spiro atoms. The maximum absolute atomic E-state index is 11.5. The number of hydrogen-bond donors (Lipinski definition) is 1. The molecular weight excluding hydrogens is 272 g/mol. The molecule has 0 aliphatic heterocycles. The number of nitrogens with zero attached hydrogens (tertiary/aromatic N) is 1. The number of nitrogens with one attached hydrogen (secondary N) is 1. The van der Waals surface area contributed by atoms with Crippen LogP contribution in [-0.4, -0.2) is 24.1 Å². The topological polar surface area (TPSA) is 51.2 Å². The Morgan fingerprint density at radius 3 is 3.00 bits per heavy atom. The van der Waals surface area contributed by atoms with Crippen LogP contribution in [0.15, 0.2) is 22.9 Å². The van der Waals surface area contributed by atoms with Crippen molar-refractivity contribution in [1.82, 2.24) is 4.98 Å². The third-order valence-corrected chi connectivity index (χ3v) is 2.38. The van der Waals surface area contributed by atoms with Gasteiger partial charge in [-0.05, 0) is 41.4 Å². The largest absolute Gasteiger partial charge is 0.382 e. The predicted molar refractivity (Wildman–Crippen MR) is 66.3 cm³/mol. The molecule has 16 heavy (non-hydrogen) atoms. The molecule has 5 heteroatoms. The molecule has 0 fully saturated rings. The molecule has 0 aromatic carbocycles. The van der Waals surface area contributed by atoms with E-state index in [4.69, 9.17) is 4.74 Å². The minimum Gasteiger partial charge on any atom is -0.382 e. The van der Waals surface area contributed by atoms with Gasteiger partial charge in [-0.2, -0.15) is 0 Å². The molecule has 1 aromatic rings. The van der Waals surface area contributed by atoms with Crippen LogP contribution in [0.2, 0.25) is 0 Å². The van der Waals surface area contributed by atoms with Crippen LogP contribution in [0.4, 0.5) is 5.69 Å². The lowest BCUT2D eigenvalue weighted by Crippen LogP contribution is -2.12. The van der Waals surface area contributed by atoms with Crippen LogP contribution in [0.25, 0.3) is 0 Å². The van der Waals surface area contributed by atoms with Crippen LogP contribution >= 0.6 is 15.9 Å². The first-order valence-corrected chi connectivity index (χ1v) is 6.01. The van der Waals surface area contributed by atoms with E-state index < -0.39 is 0 Å². The molecule has 88 valence electrons. The second-order valence-electron chi connectivity index (χ2n) is 3.22. The van der Waals surface area contributed by atoms with Gasteiger partial charge in [0.15, 0.2) is 0 Å². The minimum absolute atomic E-state index is 0.0103. The molecule has 0 unspecified atom stereocenters. The van der Waals surface area contributed by atoms with Crippen molar-refractivity contribution in [2.24, 2.45) is 0 Å². The van der Waals surface area contributed by atoms with Crippen molar-refractivity contribution in [3.05, 3.63) is 22.9 Å². The Kier molecular flexibility index (Phi) is 6.03. The van der Waals surface area contributed by atoms with Gasteiger partial charge in [-0.1, -0.05) is 0 Å². The van der Waals surface area contributed by atoms with Crippen molar-refractivity contribution in [3.63, 3.8) is 0 Å². The summed E-state index contributed by atoms with van der Waals surface area (Å²) in [5.74, 6) is -0.0103. The average molecular weight is 287 g/mol. The Morgan fingerprint density at radius 1 is 1.56 bits per heavy atom. The number of hydrogen-bond acceptors (Lipinski definition) is 3. The first-order chi connectivity index (χ1) is 7.72. The molecule has 0 saturated carbocycles. The van der Waals surface area contributed by atoms with Crippen molar-refractivity contribution in [2.45, 2.75) is 19.8 Å². The summed E-state index contributed by atoms with van der Waals surface area (Å²) in [5.41, 5.74) is 0.713. The summed E-state index contributed by atoms with van der Waals surface area (Å²) in [7, 11) is 0. The van der Waals surface area contributed by atoms with Crippen LogP contribution < -0.4 is 5.32 Å². The molecule has 1 amide bonds. The van der Waals surface area contributed by atoms with E-state index in [9.17, 15) is 4.79 Å². The summed E-state index contributed by atoms with van der Waals surface area (Å²) in [6.45, 7) is 3.26. The van der Waals surface area contributed by atoms with Crippen molar-refractivity contribution < 1.29 is 9.53 Å². The minimum atomic E-state index is -0.0103. The number of rotatable bonds is 6. The normalized spacial score (nSPS) is 10.1. The summed E-state index contributed by atoms with van der Waals surface area (Å²) in [4.78, 5) is 15.5. The lowest BCUT2D eigenvalue weighted by atomic mass is 10.3. The standard InChI is InChI=1S/C11H15BrN2O2/c1-2-16-7-3-4-11(15)14-9-5-6-10(12)13-8-9/h5-6,8H,2-4,7H2,1H3,(H,14,15). The smallest absolute Gasteiger partial charge is 0.224 e. The Balaban J connectivity index is 2.26. The van der Waals surface area contributed by atoms with Gasteiger partial charge in [-0.25, -0.2) is 4.98 Å². The van der Waals surface area contributed by atoms with Gasteiger partial charge in [0, 0.05) is 19.6 Å². The highest BCUT2D eigenvalue weighted by molar-refractivity contribution is 9.10. The van der Waals surface area contributed by atoms with E-state index in [2.05, 4.69) is 26.2 Å². The highest BCUT2D eigenvalue weighted by atomic mass is 79.9. The summed E-state index contributed by atoms with van der Waals surface area (Å²) >= 11 is 3.23. The van der Waals surface area contributed by atoms with Gasteiger partial charge in [0.05, 0.1) is 11.9 Å². The second kappa shape index (κ2) is 7.35. The van der Waals surface area contributed by atoms with E-state index in [0.29, 0.717) is 25.3 Å². The van der Waals surface area contributed by atoms with E-state index in [1.807, 2.05) is 6.92 Å². The number of anilines is 1. The maximum atomic E-state index is 11.5. The van der Waals surface area contributed by atoms with Gasteiger partial charge < -0.3 is 10.1 Å². The average Bonchev–Trinajstić information content (AvgIpc) is 2.28. The zero-order valence-corrected chi connectivity index (χ0v) is 10.8. The van der Waals surface area contributed by atoms with Crippen molar-refractivity contribution >= 4 is 27.5 Å². The van der Waals surface area contributed by atoms with Gasteiger partial charge in [-0.15, -0.1) is 0 Å². The zero-order valence-electron chi connectivity index (χ0n) is 9.20. The lowest BCUT2D eigenvalue weighted by Gasteiger charge is -2.04. The summed E-state index contributed by atoms with van der Waals surface area (Å²) < 4.78 is 5.90. The predicted octanol–water partition coefficient (Wildman–Crippen LogP) is 2.60. The molecule has 1 N–H and O–H groups in total. The number of carbonyl (C=O) groups is 1. The Labute approximate surface area is 104 Å². The summed E-state index contributed by atoms with van der Waals surface area (Å²) in [6, 6.07) is 3.59. The Hall–Kier alpha value is -0.940. The van der Waals surface area contributed by atoms with E-state index in [1.165, 1.54) is 0 Å². The van der Waals surface area contributed by atoms with Crippen LogP contribution in [0.3, 0.4) is 0 Å². The highest BCUT2D eigenvalue weighted by Gasteiger charge is 2.02. The maximum Gasteiger partial charge on any atom is 0.224 e.